The van der Waals surface area contributed by atoms with Crippen molar-refractivity contribution >= 4 is 0 Å². The van der Waals surface area contributed by atoms with Crippen LogP contribution in [-0.4, -0.2) is 12.6 Å². The molecule has 1 aromatic rings. The van der Waals surface area contributed by atoms with Crippen LogP contribution in [0.2, 0.25) is 0 Å². The second kappa shape index (κ2) is 6.94. The number of benzene rings is 1. The van der Waals surface area contributed by atoms with Gasteiger partial charge in [-0.1, -0.05) is 58.9 Å². The number of aryl methyl sites for hydroxylation is 2. The van der Waals surface area contributed by atoms with Crippen LogP contribution in [0, 0.1) is 5.41 Å². The molecular weight excluding hydrogens is 218 g/mol. The molecule has 18 heavy (non-hydrogen) atoms. The number of nitrogens with one attached hydrogen (secondary N) is 1. The summed E-state index contributed by atoms with van der Waals surface area (Å²) >= 11 is 0. The monoisotopic (exact) mass is 247 g/mol. The van der Waals surface area contributed by atoms with Gasteiger partial charge in [0.25, 0.3) is 0 Å². The summed E-state index contributed by atoms with van der Waals surface area (Å²) in [5.74, 6) is 0. The summed E-state index contributed by atoms with van der Waals surface area (Å²) in [6.07, 6.45) is 3.54. The standard InChI is InChI=1S/C17H29N/c1-6-15-7-9-16(10-8-15)11-12-17(4,5)13-18-14(2)3/h7-10,14,18H,6,11-13H2,1-5H3. The Hall–Kier alpha value is -0.820. The average molecular weight is 247 g/mol. The third-order valence-electron chi connectivity index (χ3n) is 3.51. The van der Waals surface area contributed by atoms with Crippen LogP contribution >= 0.6 is 0 Å². The van der Waals surface area contributed by atoms with Crippen molar-refractivity contribution in [3.05, 3.63) is 35.4 Å². The van der Waals surface area contributed by atoms with Crippen molar-refractivity contribution in [1.29, 1.82) is 0 Å². The second-order valence-corrected chi connectivity index (χ2v) is 6.37. The van der Waals surface area contributed by atoms with Gasteiger partial charge in [-0.05, 0) is 35.8 Å². The summed E-state index contributed by atoms with van der Waals surface area (Å²) in [6.45, 7) is 12.4. The highest BCUT2D eigenvalue weighted by molar-refractivity contribution is 5.22. The molecule has 1 rings (SSSR count). The Morgan fingerprint density at radius 2 is 1.61 bits per heavy atom. The van der Waals surface area contributed by atoms with E-state index in [1.807, 2.05) is 0 Å². The third-order valence-corrected chi connectivity index (χ3v) is 3.51. The topological polar surface area (TPSA) is 12.0 Å². The third kappa shape index (κ3) is 5.68. The average Bonchev–Trinajstić information content (AvgIpc) is 2.35. The molecule has 0 saturated carbocycles. The van der Waals surface area contributed by atoms with Crippen LogP contribution in [-0.2, 0) is 12.8 Å². The molecule has 0 aliphatic carbocycles. The highest BCUT2D eigenvalue weighted by atomic mass is 14.9. The summed E-state index contributed by atoms with van der Waals surface area (Å²) in [6, 6.07) is 9.66. The van der Waals surface area contributed by atoms with Crippen LogP contribution in [0.3, 0.4) is 0 Å². The van der Waals surface area contributed by atoms with Crippen LogP contribution in [0.5, 0.6) is 0 Å². The molecule has 0 aliphatic heterocycles. The molecule has 0 heterocycles. The van der Waals surface area contributed by atoms with E-state index in [9.17, 15) is 0 Å². The van der Waals surface area contributed by atoms with Gasteiger partial charge < -0.3 is 5.32 Å². The fourth-order valence-corrected chi connectivity index (χ4v) is 1.99. The van der Waals surface area contributed by atoms with Crippen molar-refractivity contribution in [3.63, 3.8) is 0 Å². The molecule has 0 aliphatic rings. The first-order chi connectivity index (χ1) is 8.43. The molecule has 1 heteroatoms. The quantitative estimate of drug-likeness (QED) is 0.761. The molecule has 1 aromatic carbocycles. The normalized spacial score (nSPS) is 12.1. The predicted octanol–water partition coefficient (Wildman–Crippen LogP) is 4.21. The van der Waals surface area contributed by atoms with Crippen molar-refractivity contribution in [3.8, 4) is 0 Å². The van der Waals surface area contributed by atoms with E-state index in [4.69, 9.17) is 0 Å². The molecule has 0 spiro atoms. The Labute approximate surface area is 113 Å². The predicted molar refractivity (Wildman–Crippen MR) is 81.1 cm³/mol. The molecule has 0 saturated heterocycles. The van der Waals surface area contributed by atoms with E-state index < -0.39 is 0 Å². The Morgan fingerprint density at radius 3 is 2.11 bits per heavy atom. The van der Waals surface area contributed by atoms with Crippen molar-refractivity contribution in [2.45, 2.75) is 59.9 Å². The minimum Gasteiger partial charge on any atom is -0.314 e. The van der Waals surface area contributed by atoms with Gasteiger partial charge in [0.2, 0.25) is 0 Å². The van der Waals surface area contributed by atoms with Gasteiger partial charge in [-0.3, -0.25) is 0 Å². The van der Waals surface area contributed by atoms with E-state index in [1.165, 1.54) is 24.0 Å². The van der Waals surface area contributed by atoms with E-state index in [-0.39, 0.29) is 0 Å². The minimum absolute atomic E-state index is 0.369. The lowest BCUT2D eigenvalue weighted by atomic mass is 9.86. The molecule has 0 bridgehead atoms. The summed E-state index contributed by atoms with van der Waals surface area (Å²) < 4.78 is 0. The zero-order valence-electron chi connectivity index (χ0n) is 12.7. The highest BCUT2D eigenvalue weighted by Crippen LogP contribution is 2.22. The Bertz CT molecular complexity index is 335. The Balaban J connectivity index is 2.42. The van der Waals surface area contributed by atoms with E-state index in [1.54, 1.807) is 0 Å². The largest absolute Gasteiger partial charge is 0.314 e. The van der Waals surface area contributed by atoms with Gasteiger partial charge in [-0.25, -0.2) is 0 Å². The Kier molecular flexibility index (Phi) is 5.87. The highest BCUT2D eigenvalue weighted by Gasteiger charge is 2.17. The summed E-state index contributed by atoms with van der Waals surface area (Å²) in [4.78, 5) is 0. The van der Waals surface area contributed by atoms with Crippen molar-refractivity contribution < 1.29 is 0 Å². The fourth-order valence-electron chi connectivity index (χ4n) is 1.99. The smallest absolute Gasteiger partial charge is 0.00106 e. The molecule has 0 atom stereocenters. The van der Waals surface area contributed by atoms with Gasteiger partial charge in [0, 0.05) is 12.6 Å². The van der Waals surface area contributed by atoms with Gasteiger partial charge in [-0.15, -0.1) is 0 Å². The maximum absolute atomic E-state index is 3.54. The summed E-state index contributed by atoms with van der Waals surface area (Å²) in [7, 11) is 0. The maximum Gasteiger partial charge on any atom is 0.00106 e. The second-order valence-electron chi connectivity index (χ2n) is 6.37. The lowest BCUT2D eigenvalue weighted by Gasteiger charge is -2.26. The lowest BCUT2D eigenvalue weighted by molar-refractivity contribution is 0.304. The van der Waals surface area contributed by atoms with E-state index >= 15 is 0 Å². The molecule has 0 aromatic heterocycles. The molecule has 1 nitrogen and oxygen atoms in total. The SMILES string of the molecule is CCc1ccc(CCC(C)(C)CNC(C)C)cc1. The lowest BCUT2D eigenvalue weighted by Crippen LogP contribution is -2.34. The minimum atomic E-state index is 0.369. The first kappa shape index (κ1) is 15.2. The van der Waals surface area contributed by atoms with Gasteiger partial charge in [0.1, 0.15) is 0 Å². The Morgan fingerprint density at radius 1 is 1.06 bits per heavy atom. The van der Waals surface area contributed by atoms with Gasteiger partial charge in [-0.2, -0.15) is 0 Å². The van der Waals surface area contributed by atoms with E-state index in [0.29, 0.717) is 11.5 Å². The molecule has 0 unspecified atom stereocenters. The van der Waals surface area contributed by atoms with Crippen LogP contribution in [0.4, 0.5) is 0 Å². The van der Waals surface area contributed by atoms with Gasteiger partial charge in [0.05, 0.1) is 0 Å². The van der Waals surface area contributed by atoms with Gasteiger partial charge >= 0.3 is 0 Å². The van der Waals surface area contributed by atoms with Crippen molar-refractivity contribution in [2.75, 3.05) is 6.54 Å². The van der Waals surface area contributed by atoms with E-state index in [0.717, 1.165) is 13.0 Å². The van der Waals surface area contributed by atoms with Crippen LogP contribution < -0.4 is 5.32 Å². The molecule has 102 valence electrons. The zero-order valence-corrected chi connectivity index (χ0v) is 12.7. The van der Waals surface area contributed by atoms with Crippen LogP contribution in [0.1, 0.15) is 52.2 Å². The van der Waals surface area contributed by atoms with Crippen LogP contribution in [0.15, 0.2) is 24.3 Å². The molecule has 1 N–H and O–H groups in total. The summed E-state index contributed by atoms with van der Waals surface area (Å²) in [5, 5.41) is 3.54. The molecular formula is C17H29N. The maximum atomic E-state index is 3.54. The molecule has 0 fully saturated rings. The van der Waals surface area contributed by atoms with Crippen molar-refractivity contribution in [2.24, 2.45) is 5.41 Å². The first-order valence-corrected chi connectivity index (χ1v) is 7.24. The zero-order chi connectivity index (χ0) is 13.6. The fraction of sp³-hybridized carbons (Fsp3) is 0.647. The number of rotatable bonds is 7. The number of hydrogen-bond donors (Lipinski definition) is 1. The molecule has 0 amide bonds. The van der Waals surface area contributed by atoms with E-state index in [2.05, 4.69) is 64.2 Å². The van der Waals surface area contributed by atoms with Gasteiger partial charge in [0.15, 0.2) is 0 Å². The summed E-state index contributed by atoms with van der Waals surface area (Å²) in [5.41, 5.74) is 3.26. The van der Waals surface area contributed by atoms with Crippen molar-refractivity contribution in [1.82, 2.24) is 5.32 Å². The van der Waals surface area contributed by atoms with Crippen LogP contribution in [0.25, 0.3) is 0 Å². The first-order valence-electron chi connectivity index (χ1n) is 7.24. The number of hydrogen-bond acceptors (Lipinski definition) is 1. The molecule has 0 radical (unpaired) electrons.